The Balaban J connectivity index is 2.22. The molecule has 18 heavy (non-hydrogen) atoms. The molecule has 2 N–H and O–H groups in total. The number of carboxylic acids is 1. The first kappa shape index (κ1) is 12.5. The first-order valence-corrected chi connectivity index (χ1v) is 5.81. The normalized spacial score (nSPS) is 16.8. The van der Waals surface area contributed by atoms with Gasteiger partial charge in [0.15, 0.2) is 0 Å². The predicted molar refractivity (Wildman–Crippen MR) is 63.2 cm³/mol. The summed E-state index contributed by atoms with van der Waals surface area (Å²) >= 11 is 0. The lowest BCUT2D eigenvalue weighted by Crippen LogP contribution is -2.59. The van der Waals surface area contributed by atoms with Crippen molar-refractivity contribution < 1.29 is 14.7 Å². The minimum absolute atomic E-state index is 0.384. The van der Waals surface area contributed by atoms with Gasteiger partial charge in [-0.15, -0.1) is 0 Å². The Labute approximate surface area is 104 Å². The SMILES string of the molecule is Cc1cc(C(=O)NC2(C(=O)O)CCC2)c(C)nn1. The summed E-state index contributed by atoms with van der Waals surface area (Å²) in [5.41, 5.74) is 0.414. The van der Waals surface area contributed by atoms with Crippen LogP contribution in [-0.2, 0) is 4.79 Å². The van der Waals surface area contributed by atoms with Gasteiger partial charge in [-0.2, -0.15) is 10.2 Å². The summed E-state index contributed by atoms with van der Waals surface area (Å²) in [7, 11) is 0. The fourth-order valence-corrected chi connectivity index (χ4v) is 1.99. The zero-order valence-electron chi connectivity index (χ0n) is 10.4. The van der Waals surface area contributed by atoms with Crippen molar-refractivity contribution in [3.05, 3.63) is 23.0 Å². The molecule has 1 heterocycles. The molecule has 0 atom stereocenters. The maximum Gasteiger partial charge on any atom is 0.329 e. The van der Waals surface area contributed by atoms with E-state index in [-0.39, 0.29) is 0 Å². The van der Waals surface area contributed by atoms with Crippen molar-refractivity contribution >= 4 is 11.9 Å². The minimum atomic E-state index is -1.10. The highest BCUT2D eigenvalue weighted by molar-refractivity contribution is 5.98. The fourth-order valence-electron chi connectivity index (χ4n) is 1.99. The Hall–Kier alpha value is -1.98. The number of hydrogen-bond acceptors (Lipinski definition) is 4. The molecule has 0 bridgehead atoms. The molecule has 6 nitrogen and oxygen atoms in total. The van der Waals surface area contributed by atoms with Crippen molar-refractivity contribution in [3.63, 3.8) is 0 Å². The second kappa shape index (κ2) is 4.36. The molecule has 0 aromatic carbocycles. The number of amides is 1. The van der Waals surface area contributed by atoms with E-state index in [0.717, 1.165) is 6.42 Å². The molecule has 0 spiro atoms. The molecule has 1 amide bonds. The molecular weight excluding hydrogens is 234 g/mol. The summed E-state index contributed by atoms with van der Waals surface area (Å²) in [6, 6.07) is 1.62. The van der Waals surface area contributed by atoms with E-state index in [9.17, 15) is 9.59 Å². The molecule has 96 valence electrons. The maximum atomic E-state index is 12.1. The number of carboxylic acid groups (broad SMARTS) is 1. The maximum absolute atomic E-state index is 12.1. The second-order valence-corrected chi connectivity index (χ2v) is 4.68. The van der Waals surface area contributed by atoms with Gasteiger partial charge < -0.3 is 10.4 Å². The van der Waals surface area contributed by atoms with Crippen molar-refractivity contribution in [3.8, 4) is 0 Å². The number of hydrogen-bond donors (Lipinski definition) is 2. The number of aromatic nitrogens is 2. The van der Waals surface area contributed by atoms with Crippen LogP contribution in [0.3, 0.4) is 0 Å². The molecule has 1 saturated carbocycles. The fraction of sp³-hybridized carbons (Fsp3) is 0.500. The Bertz CT molecular complexity index is 509. The number of rotatable bonds is 3. The van der Waals surface area contributed by atoms with Gasteiger partial charge in [0.25, 0.3) is 5.91 Å². The van der Waals surface area contributed by atoms with Gasteiger partial charge in [0.1, 0.15) is 5.54 Å². The molecule has 0 unspecified atom stereocenters. The molecule has 0 radical (unpaired) electrons. The standard InChI is InChI=1S/C12H15N3O3/c1-7-6-9(8(2)15-14-7)10(16)13-12(11(17)18)4-3-5-12/h6H,3-5H2,1-2H3,(H,13,16)(H,17,18). The number of carbonyl (C=O) groups is 2. The molecule has 0 saturated heterocycles. The van der Waals surface area contributed by atoms with Gasteiger partial charge in [0, 0.05) is 0 Å². The molecule has 1 fully saturated rings. The lowest BCUT2D eigenvalue weighted by molar-refractivity contribution is -0.148. The number of carbonyl (C=O) groups excluding carboxylic acids is 1. The van der Waals surface area contributed by atoms with Crippen LogP contribution < -0.4 is 5.32 Å². The van der Waals surface area contributed by atoms with E-state index in [1.165, 1.54) is 0 Å². The Morgan fingerprint density at radius 2 is 2.00 bits per heavy atom. The van der Waals surface area contributed by atoms with Crippen LogP contribution >= 0.6 is 0 Å². The number of aliphatic carboxylic acids is 1. The van der Waals surface area contributed by atoms with Crippen molar-refractivity contribution in [2.75, 3.05) is 0 Å². The van der Waals surface area contributed by atoms with Crippen LogP contribution in [0.5, 0.6) is 0 Å². The third kappa shape index (κ3) is 2.05. The summed E-state index contributed by atoms with van der Waals surface area (Å²) in [5.74, 6) is -1.37. The summed E-state index contributed by atoms with van der Waals surface area (Å²) in [6.07, 6.45) is 1.77. The summed E-state index contributed by atoms with van der Waals surface area (Å²) in [6.45, 7) is 3.41. The summed E-state index contributed by atoms with van der Waals surface area (Å²) in [4.78, 5) is 23.3. The lowest BCUT2D eigenvalue weighted by Gasteiger charge is -2.38. The summed E-state index contributed by atoms with van der Waals surface area (Å²) < 4.78 is 0. The quantitative estimate of drug-likeness (QED) is 0.827. The molecule has 2 rings (SSSR count). The Morgan fingerprint density at radius 1 is 1.33 bits per heavy atom. The molecule has 1 aliphatic rings. The number of nitrogens with one attached hydrogen (secondary N) is 1. The van der Waals surface area contributed by atoms with Crippen LogP contribution in [0.15, 0.2) is 6.07 Å². The Morgan fingerprint density at radius 3 is 2.50 bits per heavy atom. The van der Waals surface area contributed by atoms with Gasteiger partial charge in [-0.05, 0) is 39.2 Å². The number of nitrogens with zero attached hydrogens (tertiary/aromatic N) is 2. The van der Waals surface area contributed by atoms with Gasteiger partial charge in [-0.25, -0.2) is 4.79 Å². The zero-order valence-corrected chi connectivity index (χ0v) is 10.4. The topological polar surface area (TPSA) is 92.2 Å². The smallest absolute Gasteiger partial charge is 0.329 e. The first-order chi connectivity index (χ1) is 8.44. The zero-order chi connectivity index (χ0) is 13.3. The minimum Gasteiger partial charge on any atom is -0.480 e. The molecule has 1 aliphatic carbocycles. The van der Waals surface area contributed by atoms with Crippen LogP contribution in [0.4, 0.5) is 0 Å². The number of aryl methyl sites for hydroxylation is 2. The highest BCUT2D eigenvalue weighted by Gasteiger charge is 2.45. The van der Waals surface area contributed by atoms with Crippen LogP contribution in [0.2, 0.25) is 0 Å². The Kier molecular flexibility index (Phi) is 3.02. The largest absolute Gasteiger partial charge is 0.480 e. The van der Waals surface area contributed by atoms with E-state index in [1.54, 1.807) is 19.9 Å². The lowest BCUT2D eigenvalue weighted by atomic mass is 9.76. The second-order valence-electron chi connectivity index (χ2n) is 4.68. The van der Waals surface area contributed by atoms with E-state index in [4.69, 9.17) is 5.11 Å². The highest BCUT2D eigenvalue weighted by Crippen LogP contribution is 2.32. The van der Waals surface area contributed by atoms with E-state index >= 15 is 0 Å². The average Bonchev–Trinajstić information content (AvgIpc) is 2.26. The molecule has 1 aromatic heterocycles. The van der Waals surface area contributed by atoms with E-state index in [1.807, 2.05) is 0 Å². The summed E-state index contributed by atoms with van der Waals surface area (Å²) in [5, 5.41) is 19.5. The molecule has 0 aliphatic heterocycles. The highest BCUT2D eigenvalue weighted by atomic mass is 16.4. The van der Waals surface area contributed by atoms with Gasteiger partial charge >= 0.3 is 5.97 Å². The predicted octanol–water partition coefficient (Wildman–Crippen LogP) is 0.831. The van der Waals surface area contributed by atoms with Gasteiger partial charge in [-0.3, -0.25) is 4.79 Å². The third-order valence-corrected chi connectivity index (χ3v) is 3.31. The van der Waals surface area contributed by atoms with Crippen LogP contribution in [0.1, 0.15) is 41.0 Å². The van der Waals surface area contributed by atoms with E-state index in [2.05, 4.69) is 15.5 Å². The van der Waals surface area contributed by atoms with Gasteiger partial charge in [0.05, 0.1) is 17.0 Å². The van der Waals surface area contributed by atoms with Crippen LogP contribution in [0, 0.1) is 13.8 Å². The van der Waals surface area contributed by atoms with Crippen molar-refractivity contribution in [2.45, 2.75) is 38.6 Å². The van der Waals surface area contributed by atoms with Gasteiger partial charge in [0.2, 0.25) is 0 Å². The molecule has 6 heteroatoms. The van der Waals surface area contributed by atoms with Crippen molar-refractivity contribution in [1.82, 2.24) is 15.5 Å². The van der Waals surface area contributed by atoms with E-state index < -0.39 is 17.4 Å². The molecule has 1 aromatic rings. The average molecular weight is 249 g/mol. The van der Waals surface area contributed by atoms with Gasteiger partial charge in [-0.1, -0.05) is 0 Å². The third-order valence-electron chi connectivity index (χ3n) is 3.31. The van der Waals surface area contributed by atoms with E-state index in [0.29, 0.717) is 29.8 Å². The van der Waals surface area contributed by atoms with Crippen molar-refractivity contribution in [1.29, 1.82) is 0 Å². The first-order valence-electron chi connectivity index (χ1n) is 5.81. The molecular formula is C12H15N3O3. The van der Waals surface area contributed by atoms with Crippen LogP contribution in [0.25, 0.3) is 0 Å². The van der Waals surface area contributed by atoms with Crippen molar-refractivity contribution in [2.24, 2.45) is 0 Å². The van der Waals surface area contributed by atoms with Crippen LogP contribution in [-0.4, -0.2) is 32.7 Å². The monoisotopic (exact) mass is 249 g/mol.